The molecule has 9 atom stereocenters. The minimum absolute atomic E-state index is 0.0374. The predicted octanol–water partition coefficient (Wildman–Crippen LogP) is 4.39. The van der Waals surface area contributed by atoms with Gasteiger partial charge in [-0.1, -0.05) is 13.8 Å². The van der Waals surface area contributed by atoms with E-state index < -0.39 is 0 Å². The van der Waals surface area contributed by atoms with Crippen molar-refractivity contribution in [2.24, 2.45) is 40.4 Å². The number of hydrogen-bond acceptors (Lipinski definition) is 2. The van der Waals surface area contributed by atoms with Gasteiger partial charge in [-0.3, -0.25) is 0 Å². The minimum atomic E-state index is -0.140. The molecule has 0 saturated heterocycles. The summed E-state index contributed by atoms with van der Waals surface area (Å²) in [5.41, 5.74) is 0.860. The summed E-state index contributed by atoms with van der Waals surface area (Å²) in [6.07, 6.45) is 11.1. The van der Waals surface area contributed by atoms with Crippen molar-refractivity contribution in [3.8, 4) is 0 Å². The van der Waals surface area contributed by atoms with E-state index >= 15 is 0 Å². The number of rotatable bonds is 1. The molecular weight excluding hydrogens is 284 g/mol. The molecular formula is C21H36O2. The van der Waals surface area contributed by atoms with Gasteiger partial charge in [-0.2, -0.15) is 0 Å². The summed E-state index contributed by atoms with van der Waals surface area (Å²) in [7, 11) is 0. The second kappa shape index (κ2) is 5.46. The van der Waals surface area contributed by atoms with Crippen LogP contribution in [-0.2, 0) is 0 Å². The van der Waals surface area contributed by atoms with E-state index in [0.717, 1.165) is 36.5 Å². The lowest BCUT2D eigenvalue weighted by molar-refractivity contribution is -0.132. The third-order valence-corrected chi connectivity index (χ3v) is 9.29. The Morgan fingerprint density at radius 1 is 0.870 bits per heavy atom. The van der Waals surface area contributed by atoms with Gasteiger partial charge >= 0.3 is 0 Å². The summed E-state index contributed by atoms with van der Waals surface area (Å²) in [6, 6.07) is 0. The third kappa shape index (κ3) is 2.27. The molecule has 0 radical (unpaired) electrons. The summed E-state index contributed by atoms with van der Waals surface area (Å²) in [4.78, 5) is 0. The maximum atomic E-state index is 10.3. The van der Waals surface area contributed by atoms with E-state index in [9.17, 15) is 10.2 Å². The Bertz CT molecular complexity index is 461. The lowest BCUT2D eigenvalue weighted by atomic mass is 9.44. The highest BCUT2D eigenvalue weighted by molar-refractivity contribution is 5.09. The second-order valence-corrected chi connectivity index (χ2v) is 10.1. The molecule has 0 aromatic carbocycles. The molecule has 4 fully saturated rings. The van der Waals surface area contributed by atoms with E-state index in [1.165, 1.54) is 44.9 Å². The van der Waals surface area contributed by atoms with E-state index in [4.69, 9.17) is 0 Å². The maximum Gasteiger partial charge on any atom is 0.0545 e. The molecule has 2 nitrogen and oxygen atoms in total. The van der Waals surface area contributed by atoms with E-state index in [-0.39, 0.29) is 12.2 Å². The molecule has 23 heavy (non-hydrogen) atoms. The summed E-state index contributed by atoms with van der Waals surface area (Å²) in [6.45, 7) is 7.08. The van der Waals surface area contributed by atoms with Crippen molar-refractivity contribution in [1.82, 2.24) is 0 Å². The molecule has 2 N–H and O–H groups in total. The van der Waals surface area contributed by atoms with Crippen molar-refractivity contribution in [1.29, 1.82) is 0 Å². The topological polar surface area (TPSA) is 40.5 Å². The molecule has 0 heterocycles. The van der Waals surface area contributed by atoms with Gasteiger partial charge in [-0.25, -0.2) is 0 Å². The summed E-state index contributed by atoms with van der Waals surface area (Å²) < 4.78 is 0. The minimum Gasteiger partial charge on any atom is -0.393 e. The largest absolute Gasteiger partial charge is 0.393 e. The van der Waals surface area contributed by atoms with Crippen LogP contribution in [0.5, 0.6) is 0 Å². The summed E-state index contributed by atoms with van der Waals surface area (Å²) in [5, 5.41) is 20.4. The average Bonchev–Trinajstić information content (AvgIpc) is 2.85. The van der Waals surface area contributed by atoms with Crippen LogP contribution in [0.15, 0.2) is 0 Å². The molecule has 2 heteroatoms. The van der Waals surface area contributed by atoms with Crippen LogP contribution in [0, 0.1) is 40.4 Å². The predicted molar refractivity (Wildman–Crippen MR) is 92.9 cm³/mol. The maximum absolute atomic E-state index is 10.3. The van der Waals surface area contributed by atoms with Crippen LogP contribution in [0.3, 0.4) is 0 Å². The second-order valence-electron chi connectivity index (χ2n) is 10.1. The van der Waals surface area contributed by atoms with Gasteiger partial charge in [0.05, 0.1) is 12.2 Å². The van der Waals surface area contributed by atoms with Gasteiger partial charge in [0.1, 0.15) is 0 Å². The number of aliphatic hydroxyl groups excluding tert-OH is 2. The highest BCUT2D eigenvalue weighted by Crippen LogP contribution is 2.67. The van der Waals surface area contributed by atoms with Crippen LogP contribution in [0.1, 0.15) is 78.6 Å². The molecule has 0 aromatic rings. The molecule has 0 aromatic heterocycles. The highest BCUT2D eigenvalue weighted by atomic mass is 16.3. The highest BCUT2D eigenvalue weighted by Gasteiger charge is 2.60. The normalized spacial score (nSPS) is 57.3. The standard InChI is InChI=1S/C21H36O2/c1-13(22)17-6-7-18-16-5-4-14-12-15(23)8-10-20(14,2)19(16)9-11-21(17,18)3/h13-19,22-23H,4-12H2,1-3H3/t13-,14-,15+,16+,17-,18+,19+,20+,21-/m1/s1. The molecule has 4 aliphatic carbocycles. The van der Waals surface area contributed by atoms with Crippen LogP contribution >= 0.6 is 0 Å². The van der Waals surface area contributed by atoms with Crippen LogP contribution < -0.4 is 0 Å². The molecule has 132 valence electrons. The van der Waals surface area contributed by atoms with E-state index in [0.29, 0.717) is 16.7 Å². The van der Waals surface area contributed by atoms with Crippen molar-refractivity contribution in [3.63, 3.8) is 0 Å². The first-order chi connectivity index (χ1) is 10.9. The molecule has 0 spiro atoms. The molecule has 0 bridgehead atoms. The first kappa shape index (κ1) is 16.4. The fraction of sp³-hybridized carbons (Fsp3) is 1.00. The summed E-state index contributed by atoms with van der Waals surface area (Å²) >= 11 is 0. The Labute approximate surface area is 142 Å². The lowest BCUT2D eigenvalue weighted by Crippen LogP contribution is -2.54. The fourth-order valence-electron chi connectivity index (χ4n) is 8.07. The molecule has 0 unspecified atom stereocenters. The Morgan fingerprint density at radius 2 is 1.57 bits per heavy atom. The number of hydrogen-bond donors (Lipinski definition) is 2. The van der Waals surface area contributed by atoms with Crippen LogP contribution in [0.4, 0.5) is 0 Å². The van der Waals surface area contributed by atoms with Crippen LogP contribution in [-0.4, -0.2) is 22.4 Å². The van der Waals surface area contributed by atoms with Gasteiger partial charge in [0.2, 0.25) is 0 Å². The zero-order valence-electron chi connectivity index (χ0n) is 15.3. The Hall–Kier alpha value is -0.0800. The number of aliphatic hydroxyl groups is 2. The Kier molecular flexibility index (Phi) is 3.89. The van der Waals surface area contributed by atoms with Crippen molar-refractivity contribution in [2.45, 2.75) is 90.8 Å². The van der Waals surface area contributed by atoms with Gasteiger partial charge in [-0.15, -0.1) is 0 Å². The molecule has 4 aliphatic rings. The van der Waals surface area contributed by atoms with E-state index in [2.05, 4.69) is 13.8 Å². The zero-order valence-corrected chi connectivity index (χ0v) is 15.3. The fourth-order valence-corrected chi connectivity index (χ4v) is 8.07. The van der Waals surface area contributed by atoms with Crippen LogP contribution in [0.2, 0.25) is 0 Å². The van der Waals surface area contributed by atoms with Gasteiger partial charge in [0.25, 0.3) is 0 Å². The quantitative estimate of drug-likeness (QED) is 0.752. The van der Waals surface area contributed by atoms with Gasteiger partial charge < -0.3 is 10.2 Å². The van der Waals surface area contributed by atoms with Crippen molar-refractivity contribution in [2.75, 3.05) is 0 Å². The smallest absolute Gasteiger partial charge is 0.0545 e. The summed E-state index contributed by atoms with van der Waals surface area (Å²) in [5.74, 6) is 3.87. The number of fused-ring (bicyclic) bond motifs is 5. The lowest BCUT2D eigenvalue weighted by Gasteiger charge is -2.61. The Balaban J connectivity index is 1.60. The Morgan fingerprint density at radius 3 is 2.30 bits per heavy atom. The third-order valence-electron chi connectivity index (χ3n) is 9.29. The van der Waals surface area contributed by atoms with Gasteiger partial charge in [0.15, 0.2) is 0 Å². The monoisotopic (exact) mass is 320 g/mol. The molecule has 4 saturated carbocycles. The molecule has 4 rings (SSSR count). The molecule has 0 amide bonds. The van der Waals surface area contributed by atoms with Gasteiger partial charge in [-0.05, 0) is 105 Å². The van der Waals surface area contributed by atoms with Crippen molar-refractivity contribution in [3.05, 3.63) is 0 Å². The van der Waals surface area contributed by atoms with Crippen molar-refractivity contribution >= 4 is 0 Å². The van der Waals surface area contributed by atoms with Gasteiger partial charge in [0, 0.05) is 0 Å². The average molecular weight is 321 g/mol. The van der Waals surface area contributed by atoms with E-state index in [1.54, 1.807) is 0 Å². The van der Waals surface area contributed by atoms with E-state index in [1.807, 2.05) is 6.92 Å². The zero-order chi connectivity index (χ0) is 16.4. The first-order valence-electron chi connectivity index (χ1n) is 10.2. The van der Waals surface area contributed by atoms with Crippen LogP contribution in [0.25, 0.3) is 0 Å². The molecule has 0 aliphatic heterocycles. The SMILES string of the molecule is C[C@@H](O)[C@H]1CC[C@H]2[C@@H]3CC[C@@H]4C[C@@H](O)CC[C@]4(C)[C@H]3CC[C@]12C. The van der Waals surface area contributed by atoms with Crippen molar-refractivity contribution < 1.29 is 10.2 Å². The first-order valence-corrected chi connectivity index (χ1v) is 10.2.